The van der Waals surface area contributed by atoms with Crippen molar-refractivity contribution in [3.63, 3.8) is 0 Å². The van der Waals surface area contributed by atoms with Crippen LogP contribution in [0.1, 0.15) is 70.6 Å². The molecule has 0 heterocycles. The van der Waals surface area contributed by atoms with E-state index in [-0.39, 0.29) is 29.8 Å². The molecule has 5 saturated carbocycles. The molecule has 0 aromatic carbocycles. The lowest BCUT2D eigenvalue weighted by Gasteiger charge is -2.55. The average molecular weight is 439 g/mol. The van der Waals surface area contributed by atoms with Crippen LogP contribution in [-0.2, 0) is 23.8 Å². The fourth-order valence-corrected chi connectivity index (χ4v) is 7.02. The Bertz CT molecular complexity index is 690. The van der Waals surface area contributed by atoms with Gasteiger partial charge in [-0.15, -0.1) is 0 Å². The summed E-state index contributed by atoms with van der Waals surface area (Å²) in [5.41, 5.74) is -5.65. The van der Waals surface area contributed by atoms with Crippen LogP contribution < -0.4 is 0 Å². The number of hydrogen-bond acceptors (Lipinski definition) is 5. The van der Waals surface area contributed by atoms with E-state index in [2.05, 4.69) is 4.18 Å². The summed E-state index contributed by atoms with van der Waals surface area (Å²) in [7, 11) is -5.52. The summed E-state index contributed by atoms with van der Waals surface area (Å²) in [6, 6.07) is 0. The van der Waals surface area contributed by atoms with Crippen LogP contribution in [0, 0.1) is 29.1 Å². The monoisotopic (exact) mass is 438 g/mol. The molecule has 5 nitrogen and oxygen atoms in total. The first-order chi connectivity index (χ1) is 13.6. The summed E-state index contributed by atoms with van der Waals surface area (Å²) >= 11 is 0. The van der Waals surface area contributed by atoms with Crippen LogP contribution in [0.5, 0.6) is 0 Å². The summed E-state index contributed by atoms with van der Waals surface area (Å²) in [6.45, 7) is -0.468. The molecule has 0 amide bonds. The number of rotatable bonds is 6. The van der Waals surface area contributed by atoms with Crippen LogP contribution in [0.3, 0.4) is 0 Å². The number of carbonyl (C=O) groups is 1. The minimum Gasteiger partial charge on any atom is -0.462 e. The quantitative estimate of drug-likeness (QED) is 0.345. The topological polar surface area (TPSA) is 69.7 Å². The SMILES string of the molecule is O=C(OC1CCC(CCOS(=O)(=O)C(F)(F)F)CC1)C12CC3CC(CC(C3)C1)C2. The summed E-state index contributed by atoms with van der Waals surface area (Å²) in [6.07, 6.45) is 9.59. The average Bonchev–Trinajstić information content (AvgIpc) is 2.61. The second kappa shape index (κ2) is 7.70. The van der Waals surface area contributed by atoms with E-state index in [9.17, 15) is 26.4 Å². The Hall–Kier alpha value is -0.830. The Morgan fingerprint density at radius 2 is 1.45 bits per heavy atom. The van der Waals surface area contributed by atoms with E-state index < -0.39 is 22.2 Å². The molecule has 0 spiro atoms. The van der Waals surface area contributed by atoms with Crippen LogP contribution in [0.15, 0.2) is 0 Å². The minimum atomic E-state index is -5.52. The fraction of sp³-hybridized carbons (Fsp3) is 0.950. The number of hydrogen-bond donors (Lipinski definition) is 0. The van der Waals surface area contributed by atoms with Gasteiger partial charge in [0.05, 0.1) is 12.0 Å². The van der Waals surface area contributed by atoms with Gasteiger partial charge in [-0.3, -0.25) is 8.98 Å². The molecule has 0 aromatic heterocycles. The molecule has 5 fully saturated rings. The Morgan fingerprint density at radius 3 is 1.93 bits per heavy atom. The predicted octanol–water partition coefficient (Wildman–Crippen LogP) is 4.56. The predicted molar refractivity (Wildman–Crippen MR) is 98.0 cm³/mol. The first kappa shape index (κ1) is 21.4. The van der Waals surface area contributed by atoms with Gasteiger partial charge in [0.1, 0.15) is 6.10 Å². The lowest BCUT2D eigenvalue weighted by atomic mass is 9.49. The van der Waals surface area contributed by atoms with E-state index in [1.807, 2.05) is 0 Å². The molecular weight excluding hydrogens is 409 g/mol. The first-order valence-corrected chi connectivity index (χ1v) is 12.1. The molecule has 0 saturated heterocycles. The maximum atomic E-state index is 13.0. The van der Waals surface area contributed by atoms with Gasteiger partial charge in [-0.1, -0.05) is 0 Å². The Morgan fingerprint density at radius 1 is 0.931 bits per heavy atom. The molecule has 9 heteroatoms. The van der Waals surface area contributed by atoms with Gasteiger partial charge in [0.15, 0.2) is 0 Å². The third-order valence-electron chi connectivity index (χ3n) is 7.59. The molecule has 5 rings (SSSR count). The zero-order chi connectivity index (χ0) is 20.9. The van der Waals surface area contributed by atoms with E-state index in [1.54, 1.807) is 0 Å². The van der Waals surface area contributed by atoms with Crippen molar-refractivity contribution < 1.29 is 35.3 Å². The van der Waals surface area contributed by atoms with Crippen molar-refractivity contribution in [2.45, 2.75) is 82.2 Å². The van der Waals surface area contributed by atoms with Crippen molar-refractivity contribution in [2.75, 3.05) is 6.61 Å². The highest BCUT2D eigenvalue weighted by Crippen LogP contribution is 2.60. The highest BCUT2D eigenvalue weighted by Gasteiger charge is 2.56. The second-order valence-corrected chi connectivity index (χ2v) is 11.4. The maximum absolute atomic E-state index is 13.0. The maximum Gasteiger partial charge on any atom is 0.523 e. The highest BCUT2D eigenvalue weighted by atomic mass is 32.2. The first-order valence-electron chi connectivity index (χ1n) is 10.7. The summed E-state index contributed by atoms with van der Waals surface area (Å²) < 4.78 is 68.7. The van der Waals surface area contributed by atoms with Gasteiger partial charge >= 0.3 is 21.6 Å². The molecule has 0 aromatic rings. The van der Waals surface area contributed by atoms with E-state index in [0.29, 0.717) is 43.4 Å². The van der Waals surface area contributed by atoms with Crippen LogP contribution in [0.25, 0.3) is 0 Å². The van der Waals surface area contributed by atoms with Crippen LogP contribution in [0.2, 0.25) is 0 Å². The summed E-state index contributed by atoms with van der Waals surface area (Å²) in [4.78, 5) is 13.0. The van der Waals surface area contributed by atoms with Crippen LogP contribution >= 0.6 is 0 Å². The van der Waals surface area contributed by atoms with Crippen molar-refractivity contribution in [1.82, 2.24) is 0 Å². The standard InChI is InChI=1S/C20H29F3O5S/c21-20(22,23)29(25,26)27-6-5-13-1-3-17(4-2-13)28-18(24)19-10-14-7-15(11-19)9-16(8-14)12-19/h13-17H,1-12H2. The molecule has 166 valence electrons. The zero-order valence-corrected chi connectivity index (χ0v) is 17.3. The molecule has 0 unspecified atom stereocenters. The molecule has 0 aliphatic heterocycles. The molecule has 4 bridgehead atoms. The van der Waals surface area contributed by atoms with Crippen molar-refractivity contribution in [3.8, 4) is 0 Å². The Labute approximate surface area is 169 Å². The highest BCUT2D eigenvalue weighted by molar-refractivity contribution is 7.87. The number of carbonyl (C=O) groups excluding carboxylic acids is 1. The molecular formula is C20H29F3O5S. The number of esters is 1. The Kier molecular flexibility index (Phi) is 5.68. The molecule has 0 N–H and O–H groups in total. The summed E-state index contributed by atoms with van der Waals surface area (Å²) in [5.74, 6) is 2.10. The normalized spacial score (nSPS) is 39.5. The molecule has 5 aliphatic carbocycles. The number of ether oxygens (including phenoxy) is 1. The number of alkyl halides is 3. The smallest absolute Gasteiger partial charge is 0.462 e. The zero-order valence-electron chi connectivity index (χ0n) is 16.5. The largest absolute Gasteiger partial charge is 0.523 e. The van der Waals surface area contributed by atoms with Gasteiger partial charge in [-0.25, -0.2) is 0 Å². The van der Waals surface area contributed by atoms with Gasteiger partial charge in [-0.2, -0.15) is 21.6 Å². The summed E-state index contributed by atoms with van der Waals surface area (Å²) in [5, 5.41) is 0. The lowest BCUT2D eigenvalue weighted by molar-refractivity contribution is -0.178. The van der Waals surface area contributed by atoms with Crippen molar-refractivity contribution in [1.29, 1.82) is 0 Å². The van der Waals surface area contributed by atoms with Crippen molar-refractivity contribution in [3.05, 3.63) is 0 Å². The van der Waals surface area contributed by atoms with Crippen LogP contribution in [0.4, 0.5) is 13.2 Å². The Balaban J connectivity index is 1.21. The lowest BCUT2D eigenvalue weighted by Crippen LogP contribution is -2.51. The van der Waals surface area contributed by atoms with E-state index in [4.69, 9.17) is 4.74 Å². The van der Waals surface area contributed by atoms with E-state index >= 15 is 0 Å². The number of halogens is 3. The molecule has 0 radical (unpaired) electrons. The van der Waals surface area contributed by atoms with E-state index in [0.717, 1.165) is 19.3 Å². The van der Waals surface area contributed by atoms with Gasteiger partial charge in [0, 0.05) is 0 Å². The van der Waals surface area contributed by atoms with Gasteiger partial charge in [0.2, 0.25) is 0 Å². The van der Waals surface area contributed by atoms with Crippen molar-refractivity contribution in [2.24, 2.45) is 29.1 Å². The van der Waals surface area contributed by atoms with Gasteiger partial charge in [-0.05, 0) is 94.3 Å². The second-order valence-electron chi connectivity index (χ2n) is 9.76. The molecule has 29 heavy (non-hydrogen) atoms. The van der Waals surface area contributed by atoms with Crippen LogP contribution in [-0.4, -0.2) is 32.6 Å². The third kappa shape index (κ3) is 4.45. The molecule has 0 atom stereocenters. The van der Waals surface area contributed by atoms with Gasteiger partial charge in [0.25, 0.3) is 0 Å². The minimum absolute atomic E-state index is 0.0281. The third-order valence-corrected chi connectivity index (χ3v) is 8.63. The fourth-order valence-electron chi connectivity index (χ4n) is 6.57. The van der Waals surface area contributed by atoms with Crippen molar-refractivity contribution >= 4 is 16.1 Å². The van der Waals surface area contributed by atoms with E-state index in [1.165, 1.54) is 19.3 Å². The van der Waals surface area contributed by atoms with Gasteiger partial charge < -0.3 is 4.74 Å². The molecule has 5 aliphatic rings.